The third kappa shape index (κ3) is 4.18. The Kier molecular flexibility index (Phi) is 6.29. The molecule has 0 radical (unpaired) electrons. The summed E-state index contributed by atoms with van der Waals surface area (Å²) >= 11 is 7.62. The minimum Gasteiger partial charge on any atom is -0.308 e. The predicted molar refractivity (Wildman–Crippen MR) is 123 cm³/mol. The van der Waals surface area contributed by atoms with Gasteiger partial charge in [0.15, 0.2) is 5.66 Å². The monoisotopic (exact) mass is 472 g/mol. The highest BCUT2D eigenvalue weighted by molar-refractivity contribution is 7.55. The largest absolute Gasteiger partial charge is 0.347 e. The lowest BCUT2D eigenvalue weighted by Crippen LogP contribution is -2.32. The predicted octanol–water partition coefficient (Wildman–Crippen LogP) is 6.27. The van der Waals surface area contributed by atoms with Crippen LogP contribution in [0.4, 0.5) is 5.69 Å². The number of hydrogen-bond donors (Lipinski definition) is 0. The molecule has 158 valence electrons. The summed E-state index contributed by atoms with van der Waals surface area (Å²) in [4.78, 5) is 15.1. The zero-order valence-corrected chi connectivity index (χ0v) is 18.8. The van der Waals surface area contributed by atoms with Crippen LogP contribution in [-0.2, 0) is 18.4 Å². The number of anilines is 1. The Morgan fingerprint density at radius 3 is 2.77 bits per heavy atom. The number of fused-ring (bicyclic) bond motifs is 1. The van der Waals surface area contributed by atoms with Crippen LogP contribution in [0.2, 0.25) is 5.02 Å². The maximum absolute atomic E-state index is 13.8. The fourth-order valence-electron chi connectivity index (χ4n) is 3.48. The molecule has 3 aromatic rings. The van der Waals surface area contributed by atoms with Gasteiger partial charge in [0.05, 0.1) is 24.8 Å². The number of carbonyl (C=O) groups is 1. The number of halogens is 1. The Hall–Kier alpha value is -2.46. The van der Waals surface area contributed by atoms with Gasteiger partial charge in [0.1, 0.15) is 0 Å². The van der Waals surface area contributed by atoms with Gasteiger partial charge in [0, 0.05) is 21.6 Å². The summed E-state index contributed by atoms with van der Waals surface area (Å²) in [5, 5.41) is 12.2. The third-order valence-electron chi connectivity index (χ3n) is 4.91. The zero-order chi connectivity index (χ0) is 22.0. The van der Waals surface area contributed by atoms with Gasteiger partial charge in [-0.15, -0.1) is 11.3 Å². The van der Waals surface area contributed by atoms with Gasteiger partial charge in [-0.05, 0) is 59.1 Å². The first-order valence-corrected chi connectivity index (χ1v) is 12.3. The normalized spacial score (nSPS) is 16.4. The van der Waals surface area contributed by atoms with Crippen LogP contribution in [-0.4, -0.2) is 19.1 Å². The number of hydrogen-bond acceptors (Lipinski definition) is 6. The van der Waals surface area contributed by atoms with E-state index in [9.17, 15) is 14.6 Å². The van der Waals surface area contributed by atoms with Gasteiger partial charge < -0.3 is 9.05 Å². The molecule has 1 amide bonds. The molecule has 1 fully saturated rings. The van der Waals surface area contributed by atoms with Gasteiger partial charge in [-0.1, -0.05) is 24.2 Å². The Morgan fingerprint density at radius 2 is 2.06 bits per heavy atom. The van der Waals surface area contributed by atoms with Crippen LogP contribution in [0.1, 0.15) is 23.2 Å². The van der Waals surface area contributed by atoms with Crippen LogP contribution in [0.5, 0.6) is 0 Å². The minimum absolute atomic E-state index is 0.238. The van der Waals surface area contributed by atoms with Crippen molar-refractivity contribution in [2.45, 2.75) is 12.1 Å². The Labute approximate surface area is 188 Å². The maximum Gasteiger partial charge on any atom is 0.347 e. The lowest BCUT2D eigenvalue weighted by atomic mass is 10.1. The average molecular weight is 473 g/mol. The lowest BCUT2D eigenvalue weighted by Gasteiger charge is -2.32. The second kappa shape index (κ2) is 8.96. The number of nitriles is 1. The topological polar surface area (TPSA) is 79.6 Å². The molecule has 0 spiro atoms. The van der Waals surface area contributed by atoms with E-state index >= 15 is 0 Å². The maximum atomic E-state index is 13.8. The molecule has 1 aliphatic heterocycles. The molecule has 31 heavy (non-hydrogen) atoms. The molecule has 0 N–H and O–H groups in total. The molecule has 1 atom stereocenters. The molecular weight excluding hydrogens is 455 g/mol. The zero-order valence-electron chi connectivity index (χ0n) is 16.4. The van der Waals surface area contributed by atoms with Crippen LogP contribution < -0.4 is 4.90 Å². The van der Waals surface area contributed by atoms with Crippen LogP contribution in [0, 0.1) is 11.3 Å². The van der Waals surface area contributed by atoms with Gasteiger partial charge in [-0.2, -0.15) is 5.26 Å². The van der Waals surface area contributed by atoms with Crippen molar-refractivity contribution in [1.82, 2.24) is 0 Å². The molecule has 4 rings (SSSR count). The number of rotatable bonds is 5. The van der Waals surface area contributed by atoms with E-state index < -0.39 is 19.2 Å². The molecule has 1 aromatic heterocycles. The van der Waals surface area contributed by atoms with E-state index in [4.69, 9.17) is 20.6 Å². The summed E-state index contributed by atoms with van der Waals surface area (Å²) < 4.78 is 25.9. The molecule has 2 aromatic carbocycles. The van der Waals surface area contributed by atoms with Crippen LogP contribution in [0.25, 0.3) is 10.1 Å². The highest BCUT2D eigenvalue weighted by Crippen LogP contribution is 2.64. The van der Waals surface area contributed by atoms with Crippen molar-refractivity contribution in [3.8, 4) is 6.07 Å². The van der Waals surface area contributed by atoms with Gasteiger partial charge in [0.2, 0.25) is 0 Å². The molecule has 1 saturated heterocycles. The van der Waals surface area contributed by atoms with E-state index in [1.54, 1.807) is 41.8 Å². The third-order valence-corrected chi connectivity index (χ3v) is 8.35. The molecular formula is C22H18ClN2O4PS. The van der Waals surface area contributed by atoms with Crippen molar-refractivity contribution in [2.75, 3.05) is 18.1 Å². The fourth-order valence-corrected chi connectivity index (χ4v) is 6.81. The van der Waals surface area contributed by atoms with Crippen molar-refractivity contribution in [3.05, 3.63) is 76.8 Å². The van der Waals surface area contributed by atoms with E-state index in [0.29, 0.717) is 28.3 Å². The van der Waals surface area contributed by atoms with E-state index in [-0.39, 0.29) is 13.2 Å². The molecule has 0 bridgehead atoms. The van der Waals surface area contributed by atoms with Crippen molar-refractivity contribution >= 4 is 52.2 Å². The van der Waals surface area contributed by atoms with Gasteiger partial charge in [-0.3, -0.25) is 14.3 Å². The van der Waals surface area contributed by atoms with Gasteiger partial charge >= 0.3 is 7.60 Å². The Balaban J connectivity index is 1.86. The quantitative estimate of drug-likeness (QED) is 0.408. The summed E-state index contributed by atoms with van der Waals surface area (Å²) in [6.45, 7) is 4.23. The first-order valence-electron chi connectivity index (χ1n) is 9.48. The first kappa shape index (κ1) is 21.8. The summed E-state index contributed by atoms with van der Waals surface area (Å²) in [5.41, 5.74) is 0.147. The van der Waals surface area contributed by atoms with E-state index in [1.165, 1.54) is 22.4 Å². The van der Waals surface area contributed by atoms with Crippen LogP contribution in [0.3, 0.4) is 0 Å². The SMILES string of the molecule is C=CN(C(=O)C(c1csc2ccc(Cl)cc12)P1(=O)OCCCO1)c1cccc(C#N)c1. The lowest BCUT2D eigenvalue weighted by molar-refractivity contribution is -0.118. The summed E-state index contributed by atoms with van der Waals surface area (Å²) in [7, 11) is -3.83. The number of amides is 1. The standard InChI is InChI=1S/C22H18ClN2O4PS/c1-2-25(17-6-3-5-15(11-17)13-24)22(26)21(30(27)28-9-4-10-29-30)19-14-31-20-8-7-16(23)12-18(19)20/h2-3,5-8,11-12,14,21H,1,4,9-10H2. The number of thiophene rings is 1. The summed E-state index contributed by atoms with van der Waals surface area (Å²) in [6, 6.07) is 14.0. The van der Waals surface area contributed by atoms with Crippen molar-refractivity contribution in [2.24, 2.45) is 0 Å². The first-order chi connectivity index (χ1) is 15.0. The van der Waals surface area contributed by atoms with Crippen molar-refractivity contribution in [1.29, 1.82) is 5.26 Å². The molecule has 9 heteroatoms. The number of nitrogens with zero attached hydrogens (tertiary/aromatic N) is 2. The molecule has 1 aliphatic rings. The number of benzene rings is 2. The molecule has 0 saturated carbocycles. The average Bonchev–Trinajstić information content (AvgIpc) is 3.17. The Morgan fingerprint density at radius 1 is 1.29 bits per heavy atom. The molecule has 2 heterocycles. The van der Waals surface area contributed by atoms with E-state index in [1.807, 2.05) is 6.07 Å². The van der Waals surface area contributed by atoms with Gasteiger partial charge in [0.25, 0.3) is 5.91 Å². The second-order valence-corrected chi connectivity index (χ2v) is 10.3. The molecule has 1 unspecified atom stereocenters. The van der Waals surface area contributed by atoms with Gasteiger partial charge in [-0.25, -0.2) is 0 Å². The Bertz CT molecular complexity index is 1240. The molecule has 6 nitrogen and oxygen atoms in total. The molecule has 0 aliphatic carbocycles. The van der Waals surface area contributed by atoms with Crippen LogP contribution in [0.15, 0.2) is 60.6 Å². The smallest absolute Gasteiger partial charge is 0.308 e. The van der Waals surface area contributed by atoms with E-state index in [0.717, 1.165) is 10.1 Å². The fraction of sp³-hybridized carbons (Fsp3) is 0.182. The summed E-state index contributed by atoms with van der Waals surface area (Å²) in [5.74, 6) is -0.519. The highest BCUT2D eigenvalue weighted by atomic mass is 35.5. The second-order valence-electron chi connectivity index (χ2n) is 6.85. The van der Waals surface area contributed by atoms with Crippen molar-refractivity contribution in [3.63, 3.8) is 0 Å². The van der Waals surface area contributed by atoms with Crippen molar-refractivity contribution < 1.29 is 18.4 Å². The van der Waals surface area contributed by atoms with E-state index in [2.05, 4.69) is 12.6 Å². The number of carbonyl (C=O) groups excluding carboxylic acids is 1. The van der Waals surface area contributed by atoms with Crippen LogP contribution >= 0.6 is 30.5 Å². The minimum atomic E-state index is -3.83. The summed E-state index contributed by atoms with van der Waals surface area (Å²) in [6.07, 6.45) is 1.93. The highest BCUT2D eigenvalue weighted by Gasteiger charge is 2.47.